The summed E-state index contributed by atoms with van der Waals surface area (Å²) in [6.07, 6.45) is 0. The Hall–Kier alpha value is -8.40. The summed E-state index contributed by atoms with van der Waals surface area (Å²) in [6.45, 7) is 0. The Morgan fingerprint density at radius 3 is 1.38 bits per heavy atom. The fourth-order valence-corrected chi connectivity index (χ4v) is 9.15. The normalized spacial score (nSPS) is 15.6. The Morgan fingerprint density at radius 2 is 0.730 bits per heavy atom. The van der Waals surface area contributed by atoms with Gasteiger partial charge in [-0.1, -0.05) is 157 Å². The zero-order valence-electron chi connectivity index (χ0n) is 50.0. The predicted octanol–water partition coefficient (Wildman–Crippen LogP) is 16.0. The van der Waals surface area contributed by atoms with E-state index in [1.54, 1.807) is 16.7 Å². The van der Waals surface area contributed by atoms with Crippen LogP contribution in [0.15, 0.2) is 236 Å². The summed E-state index contributed by atoms with van der Waals surface area (Å²) in [5.41, 5.74) is 2.49. The van der Waals surface area contributed by atoms with Gasteiger partial charge in [0.25, 0.3) is 0 Å². The van der Waals surface area contributed by atoms with E-state index in [4.69, 9.17) is 16.4 Å². The van der Waals surface area contributed by atoms with Crippen LogP contribution in [-0.4, -0.2) is 13.7 Å². The molecule has 13 rings (SSSR count). The van der Waals surface area contributed by atoms with Gasteiger partial charge in [-0.15, -0.1) is 0 Å². The van der Waals surface area contributed by atoms with Gasteiger partial charge in [0.05, 0.1) is 62.1 Å². The van der Waals surface area contributed by atoms with Gasteiger partial charge in [-0.2, -0.15) is 0 Å². The molecule has 0 unspecified atom stereocenters. The second-order valence-corrected chi connectivity index (χ2v) is 15.2. The van der Waals surface area contributed by atoms with E-state index in [1.165, 1.54) is 0 Å². The minimum atomic E-state index is -0.880. The van der Waals surface area contributed by atoms with Crippen LogP contribution in [-0.2, 0) is 0 Å². The van der Waals surface area contributed by atoms with Crippen molar-refractivity contribution in [3.8, 4) is 50.4 Å². The SMILES string of the molecule is [2H]c1c([2H])c([2H])c(-c2c([2H])c([2H])c([2H])c(-c3c([2H])c(-c4c([2H])c([2H])c([2H])c([2H])c4[2H])c([2H])c(-n4c5ccccc5c5cc(-n6c7ccccc7c7c(-n8c9ccccc9c9ccccc98)cccc76)ccc54)c3[2H])c2[2H])c([2H])c1[2H]. The van der Waals surface area contributed by atoms with Gasteiger partial charge >= 0.3 is 0 Å². The van der Waals surface area contributed by atoms with Gasteiger partial charge < -0.3 is 13.7 Å². The molecule has 0 saturated carbocycles. The molecule has 0 N–H and O–H groups in total. The van der Waals surface area contributed by atoms with E-state index >= 15 is 0 Å². The van der Waals surface area contributed by atoms with Crippen LogP contribution < -0.4 is 0 Å². The summed E-state index contributed by atoms with van der Waals surface area (Å²) < 4.78 is 160. The van der Waals surface area contributed by atoms with E-state index in [2.05, 4.69) is 57.7 Å². The molecule has 0 fully saturated rings. The lowest BCUT2D eigenvalue weighted by molar-refractivity contribution is 1.16. The summed E-state index contributed by atoms with van der Waals surface area (Å²) >= 11 is 0. The van der Waals surface area contributed by atoms with Gasteiger partial charge in [0.2, 0.25) is 0 Å². The second kappa shape index (κ2) is 14.1. The van der Waals surface area contributed by atoms with Crippen LogP contribution in [0.3, 0.4) is 0 Å². The van der Waals surface area contributed by atoms with Crippen molar-refractivity contribution >= 4 is 65.4 Å². The Morgan fingerprint density at radius 1 is 0.286 bits per heavy atom. The van der Waals surface area contributed by atoms with E-state index in [0.717, 1.165) is 55.0 Å². The standard InChI is InChI=1S/C60H39N3/c1-3-17-40(18-4-1)42-21-15-22-43(35-42)45-36-44(41-19-5-2-6-20-41)37-47(38-45)62-53-27-11-9-25-50(53)52-39-46(33-34-57(52)62)61-56-30-14-10-26-51(56)60-58(61)31-16-32-59(60)63-54-28-12-7-23-48(54)49-24-8-13-29-55(49)63/h1-39H/i1D,2D,3D,4D,5D,6D,15D,17D,18D,19D,20D,21D,22D,35D,36D,37D,38D. The van der Waals surface area contributed by atoms with Crippen molar-refractivity contribution in [3.63, 3.8) is 0 Å². The highest BCUT2D eigenvalue weighted by Gasteiger charge is 2.21. The zero-order valence-corrected chi connectivity index (χ0v) is 33.0. The molecule has 3 heteroatoms. The highest BCUT2D eigenvalue weighted by molar-refractivity contribution is 6.17. The molecule has 13 aromatic rings. The van der Waals surface area contributed by atoms with Crippen LogP contribution in [0.25, 0.3) is 116 Å². The van der Waals surface area contributed by atoms with E-state index in [-0.39, 0.29) is 5.69 Å². The third-order valence-electron chi connectivity index (χ3n) is 11.7. The molecule has 0 aliphatic heterocycles. The van der Waals surface area contributed by atoms with Gasteiger partial charge in [0, 0.05) is 43.7 Å². The van der Waals surface area contributed by atoms with Crippen LogP contribution in [0.4, 0.5) is 0 Å². The highest BCUT2D eigenvalue weighted by Crippen LogP contribution is 2.42. The molecule has 0 saturated heterocycles. The van der Waals surface area contributed by atoms with Crippen LogP contribution >= 0.6 is 0 Å². The molecule has 294 valence electrons. The Labute approximate surface area is 388 Å². The summed E-state index contributed by atoms with van der Waals surface area (Å²) in [5, 5.41) is 5.52. The molecule has 0 aliphatic rings. The fraction of sp³-hybridized carbons (Fsp3) is 0. The number of aromatic nitrogens is 3. The Balaban J connectivity index is 1.12. The summed E-state index contributed by atoms with van der Waals surface area (Å²) in [6, 6.07) is 30.5. The number of hydrogen-bond donors (Lipinski definition) is 0. The van der Waals surface area contributed by atoms with E-state index in [9.17, 15) is 6.85 Å². The Bertz CT molecular complexity index is 4830. The van der Waals surface area contributed by atoms with Gasteiger partial charge in [-0.3, -0.25) is 0 Å². The molecule has 0 amide bonds. The third kappa shape index (κ3) is 5.53. The van der Waals surface area contributed by atoms with Crippen LogP contribution in [0, 0.1) is 0 Å². The average molecular weight is 819 g/mol. The fourth-order valence-electron chi connectivity index (χ4n) is 9.15. The molecule has 0 spiro atoms. The van der Waals surface area contributed by atoms with Crippen molar-refractivity contribution in [1.82, 2.24) is 13.7 Å². The van der Waals surface area contributed by atoms with Gasteiger partial charge in [0.15, 0.2) is 0 Å². The third-order valence-corrected chi connectivity index (χ3v) is 11.7. The monoisotopic (exact) mass is 818 g/mol. The first-order chi connectivity index (χ1) is 38.4. The lowest BCUT2D eigenvalue weighted by atomic mass is 9.95. The van der Waals surface area contributed by atoms with Crippen LogP contribution in [0.2, 0.25) is 0 Å². The number of rotatable bonds is 6. The number of nitrogens with zero attached hydrogens (tertiary/aromatic N) is 3. The first-order valence-corrected chi connectivity index (χ1v) is 20.3. The number of fused-ring (bicyclic) bond motifs is 9. The van der Waals surface area contributed by atoms with Crippen molar-refractivity contribution in [2.24, 2.45) is 0 Å². The quantitative estimate of drug-likeness (QED) is 0.159. The first-order valence-electron chi connectivity index (χ1n) is 28.8. The van der Waals surface area contributed by atoms with E-state index < -0.39 is 136 Å². The summed E-state index contributed by atoms with van der Waals surface area (Å²) in [4.78, 5) is 0. The largest absolute Gasteiger partial charge is 0.309 e. The molecule has 63 heavy (non-hydrogen) atoms. The van der Waals surface area contributed by atoms with Crippen LogP contribution in [0.5, 0.6) is 0 Å². The summed E-state index contributed by atoms with van der Waals surface area (Å²) in [7, 11) is 0. The average Bonchev–Trinajstić information content (AvgIpc) is 4.12. The van der Waals surface area contributed by atoms with Crippen molar-refractivity contribution in [2.75, 3.05) is 0 Å². The van der Waals surface area contributed by atoms with E-state index in [0.29, 0.717) is 21.8 Å². The van der Waals surface area contributed by atoms with Crippen molar-refractivity contribution in [2.45, 2.75) is 0 Å². The molecule has 10 aromatic carbocycles. The molecule has 0 aliphatic carbocycles. The smallest absolute Gasteiger partial charge is 0.0651 e. The zero-order chi connectivity index (χ0) is 56.2. The summed E-state index contributed by atoms with van der Waals surface area (Å²) in [5.74, 6) is 0. The number of hydrogen-bond acceptors (Lipinski definition) is 0. The molecule has 3 nitrogen and oxygen atoms in total. The second-order valence-electron chi connectivity index (χ2n) is 15.2. The minimum absolute atomic E-state index is 0.297. The van der Waals surface area contributed by atoms with Crippen LogP contribution in [0.1, 0.15) is 23.3 Å². The van der Waals surface area contributed by atoms with Gasteiger partial charge in [-0.05, 0) is 112 Å². The molecular weight excluding hydrogens is 763 g/mol. The van der Waals surface area contributed by atoms with E-state index in [1.807, 2.05) is 72.8 Å². The van der Waals surface area contributed by atoms with Crippen molar-refractivity contribution < 1.29 is 23.3 Å². The minimum Gasteiger partial charge on any atom is -0.309 e. The lowest BCUT2D eigenvalue weighted by Crippen LogP contribution is -1.98. The predicted molar refractivity (Wildman–Crippen MR) is 266 cm³/mol. The molecule has 0 atom stereocenters. The maximum Gasteiger partial charge on any atom is 0.0651 e. The molecular formula is C60H39N3. The maximum atomic E-state index is 10.2. The van der Waals surface area contributed by atoms with Crippen molar-refractivity contribution in [1.29, 1.82) is 0 Å². The first kappa shape index (κ1) is 22.4. The topological polar surface area (TPSA) is 14.8 Å². The van der Waals surface area contributed by atoms with Gasteiger partial charge in [0.1, 0.15) is 0 Å². The molecule has 0 radical (unpaired) electrons. The number of para-hydroxylation sites is 4. The van der Waals surface area contributed by atoms with Crippen molar-refractivity contribution in [3.05, 3.63) is 236 Å². The molecule has 3 aromatic heterocycles. The highest BCUT2D eigenvalue weighted by atomic mass is 15.0. The maximum absolute atomic E-state index is 10.2. The lowest BCUT2D eigenvalue weighted by Gasteiger charge is -2.15. The Kier molecular flexibility index (Phi) is 5.02. The molecule has 3 heterocycles. The van der Waals surface area contributed by atoms with Gasteiger partial charge in [-0.25, -0.2) is 0 Å². The molecule has 0 bridgehead atoms. The number of benzene rings is 10.